The van der Waals surface area contributed by atoms with Crippen molar-refractivity contribution in [1.29, 1.82) is 0 Å². The van der Waals surface area contributed by atoms with E-state index in [1.54, 1.807) is 0 Å². The van der Waals surface area contributed by atoms with Crippen molar-refractivity contribution in [3.05, 3.63) is 23.9 Å². The van der Waals surface area contributed by atoms with E-state index in [2.05, 4.69) is 0 Å². The Hall–Kier alpha value is -0.960. The highest BCUT2D eigenvalue weighted by atomic mass is 16.5. The van der Waals surface area contributed by atoms with Crippen molar-refractivity contribution in [2.24, 2.45) is 0 Å². The molecule has 11 heavy (non-hydrogen) atoms. The molecule has 1 atom stereocenters. The average Bonchev–Trinajstić information content (AvgIpc) is 1.99. The van der Waals surface area contributed by atoms with Crippen molar-refractivity contribution in [2.45, 2.75) is 25.9 Å². The standard InChI is InChI=1S/C8H12O3/c1-2-3-6-4-11-5-7(9)8(6)10/h4-5,8-10H,2-3H2,1H3. The fourth-order valence-electron chi connectivity index (χ4n) is 0.994. The number of ether oxygens (including phenoxy) is 1. The molecule has 0 radical (unpaired) electrons. The van der Waals surface area contributed by atoms with Gasteiger partial charge in [0.25, 0.3) is 0 Å². The summed E-state index contributed by atoms with van der Waals surface area (Å²) >= 11 is 0. The van der Waals surface area contributed by atoms with Gasteiger partial charge >= 0.3 is 0 Å². The zero-order chi connectivity index (χ0) is 8.27. The van der Waals surface area contributed by atoms with Crippen molar-refractivity contribution < 1.29 is 14.9 Å². The molecule has 0 aromatic carbocycles. The van der Waals surface area contributed by atoms with Crippen LogP contribution in [0.1, 0.15) is 19.8 Å². The summed E-state index contributed by atoms with van der Waals surface area (Å²) in [6.07, 6.45) is 3.44. The molecule has 2 N–H and O–H groups in total. The molecule has 1 aliphatic heterocycles. The highest BCUT2D eigenvalue weighted by molar-refractivity contribution is 5.19. The van der Waals surface area contributed by atoms with Gasteiger partial charge in [-0.2, -0.15) is 0 Å². The van der Waals surface area contributed by atoms with Gasteiger partial charge in [-0.25, -0.2) is 0 Å². The maximum Gasteiger partial charge on any atom is 0.160 e. The normalized spacial score (nSPS) is 23.6. The van der Waals surface area contributed by atoms with Crippen LogP contribution in [0.4, 0.5) is 0 Å². The SMILES string of the molecule is CCCC1=COC=C(O)C1O. The van der Waals surface area contributed by atoms with Crippen molar-refractivity contribution in [2.75, 3.05) is 0 Å². The first kappa shape index (κ1) is 8.14. The van der Waals surface area contributed by atoms with Gasteiger partial charge in [-0.3, -0.25) is 0 Å². The second kappa shape index (κ2) is 3.44. The molecule has 62 valence electrons. The Balaban J connectivity index is 2.60. The summed E-state index contributed by atoms with van der Waals surface area (Å²) in [5.74, 6) is -0.115. The molecule has 0 aromatic heterocycles. The van der Waals surface area contributed by atoms with Gasteiger partial charge in [0.15, 0.2) is 5.76 Å². The van der Waals surface area contributed by atoms with E-state index in [4.69, 9.17) is 9.84 Å². The van der Waals surface area contributed by atoms with Gasteiger partial charge in [0.05, 0.1) is 6.26 Å². The van der Waals surface area contributed by atoms with Gasteiger partial charge in [0, 0.05) is 5.57 Å². The summed E-state index contributed by atoms with van der Waals surface area (Å²) in [5.41, 5.74) is 0.729. The number of hydrogen-bond acceptors (Lipinski definition) is 3. The molecule has 1 heterocycles. The van der Waals surface area contributed by atoms with E-state index in [0.717, 1.165) is 24.7 Å². The molecule has 0 amide bonds. The zero-order valence-corrected chi connectivity index (χ0v) is 6.45. The lowest BCUT2D eigenvalue weighted by atomic mass is 10.0. The monoisotopic (exact) mass is 156 g/mol. The first-order chi connectivity index (χ1) is 5.25. The molecular weight excluding hydrogens is 144 g/mol. The second-order valence-electron chi connectivity index (χ2n) is 2.52. The van der Waals surface area contributed by atoms with Crippen LogP contribution in [0.25, 0.3) is 0 Å². The Morgan fingerprint density at radius 2 is 2.27 bits per heavy atom. The van der Waals surface area contributed by atoms with E-state index < -0.39 is 6.10 Å². The highest BCUT2D eigenvalue weighted by Gasteiger charge is 2.18. The number of aliphatic hydroxyl groups is 2. The molecule has 0 bridgehead atoms. The van der Waals surface area contributed by atoms with E-state index in [1.807, 2.05) is 6.92 Å². The van der Waals surface area contributed by atoms with E-state index in [9.17, 15) is 5.11 Å². The predicted octanol–water partition coefficient (Wildman–Crippen LogP) is 1.46. The Kier molecular flexibility index (Phi) is 2.54. The van der Waals surface area contributed by atoms with Crippen LogP contribution in [-0.4, -0.2) is 16.3 Å². The molecule has 1 unspecified atom stereocenters. The van der Waals surface area contributed by atoms with E-state index in [0.29, 0.717) is 0 Å². The Bertz CT molecular complexity index is 194. The summed E-state index contributed by atoms with van der Waals surface area (Å²) in [5, 5.41) is 18.3. The summed E-state index contributed by atoms with van der Waals surface area (Å²) in [4.78, 5) is 0. The van der Waals surface area contributed by atoms with Crippen LogP contribution < -0.4 is 0 Å². The summed E-state index contributed by atoms with van der Waals surface area (Å²) < 4.78 is 4.78. The number of aliphatic hydroxyl groups excluding tert-OH is 2. The van der Waals surface area contributed by atoms with E-state index in [1.165, 1.54) is 6.26 Å². The van der Waals surface area contributed by atoms with Gasteiger partial charge < -0.3 is 14.9 Å². The van der Waals surface area contributed by atoms with Crippen LogP contribution in [-0.2, 0) is 4.74 Å². The molecule has 0 saturated heterocycles. The maximum atomic E-state index is 9.30. The Labute approximate surface area is 65.6 Å². The molecule has 0 aromatic rings. The van der Waals surface area contributed by atoms with Crippen LogP contribution in [0.2, 0.25) is 0 Å². The van der Waals surface area contributed by atoms with Crippen LogP contribution in [0.3, 0.4) is 0 Å². The van der Waals surface area contributed by atoms with Crippen molar-refractivity contribution in [1.82, 2.24) is 0 Å². The third kappa shape index (κ3) is 1.74. The summed E-state index contributed by atoms with van der Waals surface area (Å²) in [6.45, 7) is 2.00. The molecule has 1 rings (SSSR count). The smallest absolute Gasteiger partial charge is 0.160 e. The first-order valence-corrected chi connectivity index (χ1v) is 3.67. The minimum atomic E-state index is -0.858. The average molecular weight is 156 g/mol. The topological polar surface area (TPSA) is 49.7 Å². The molecule has 0 fully saturated rings. The lowest BCUT2D eigenvalue weighted by Crippen LogP contribution is -2.16. The molecule has 3 heteroatoms. The minimum Gasteiger partial charge on any atom is -0.506 e. The third-order valence-corrected chi connectivity index (χ3v) is 1.58. The van der Waals surface area contributed by atoms with E-state index in [-0.39, 0.29) is 5.76 Å². The lowest BCUT2D eigenvalue weighted by molar-refractivity contribution is 0.152. The highest BCUT2D eigenvalue weighted by Crippen LogP contribution is 2.19. The van der Waals surface area contributed by atoms with Gasteiger partial charge in [-0.1, -0.05) is 13.3 Å². The fourth-order valence-corrected chi connectivity index (χ4v) is 0.994. The lowest BCUT2D eigenvalue weighted by Gasteiger charge is -2.16. The minimum absolute atomic E-state index is 0.115. The van der Waals surface area contributed by atoms with Crippen molar-refractivity contribution in [3.63, 3.8) is 0 Å². The summed E-state index contributed by atoms with van der Waals surface area (Å²) in [7, 11) is 0. The Morgan fingerprint density at radius 1 is 1.55 bits per heavy atom. The van der Waals surface area contributed by atoms with Crippen LogP contribution >= 0.6 is 0 Å². The largest absolute Gasteiger partial charge is 0.506 e. The maximum absolute atomic E-state index is 9.30. The van der Waals surface area contributed by atoms with Gasteiger partial charge in [0.2, 0.25) is 0 Å². The second-order valence-corrected chi connectivity index (χ2v) is 2.52. The molecule has 1 aliphatic rings. The van der Waals surface area contributed by atoms with Crippen LogP contribution in [0.15, 0.2) is 23.9 Å². The van der Waals surface area contributed by atoms with E-state index >= 15 is 0 Å². The third-order valence-electron chi connectivity index (χ3n) is 1.58. The van der Waals surface area contributed by atoms with Crippen molar-refractivity contribution in [3.8, 4) is 0 Å². The Morgan fingerprint density at radius 3 is 2.91 bits per heavy atom. The fraction of sp³-hybridized carbons (Fsp3) is 0.500. The van der Waals surface area contributed by atoms with Crippen LogP contribution in [0, 0.1) is 0 Å². The first-order valence-electron chi connectivity index (χ1n) is 3.67. The predicted molar refractivity (Wildman–Crippen MR) is 40.8 cm³/mol. The number of rotatable bonds is 2. The van der Waals surface area contributed by atoms with Crippen LogP contribution in [0.5, 0.6) is 0 Å². The molecular formula is C8H12O3. The van der Waals surface area contributed by atoms with Gasteiger partial charge in [-0.15, -0.1) is 0 Å². The molecule has 3 nitrogen and oxygen atoms in total. The van der Waals surface area contributed by atoms with Gasteiger partial charge in [0.1, 0.15) is 12.4 Å². The van der Waals surface area contributed by atoms with Gasteiger partial charge in [-0.05, 0) is 6.42 Å². The summed E-state index contributed by atoms with van der Waals surface area (Å²) in [6, 6.07) is 0. The number of hydrogen-bond donors (Lipinski definition) is 2. The quantitative estimate of drug-likeness (QED) is 0.636. The van der Waals surface area contributed by atoms with Crippen molar-refractivity contribution >= 4 is 0 Å². The zero-order valence-electron chi connectivity index (χ0n) is 6.45. The molecule has 0 saturated carbocycles. The molecule has 0 aliphatic carbocycles. The molecule has 0 spiro atoms.